The number of ether oxygens (including phenoxy) is 1. The smallest absolute Gasteiger partial charge is 0.279 e. The van der Waals surface area contributed by atoms with Crippen LogP contribution in [0.25, 0.3) is 10.2 Å². The maximum Gasteiger partial charge on any atom is 0.279 e. The van der Waals surface area contributed by atoms with E-state index in [1.54, 1.807) is 54.1 Å². The van der Waals surface area contributed by atoms with E-state index in [1.165, 1.54) is 23.5 Å². The van der Waals surface area contributed by atoms with Gasteiger partial charge in [0.25, 0.3) is 11.8 Å². The molecule has 10 heteroatoms. The van der Waals surface area contributed by atoms with E-state index in [0.717, 1.165) is 21.5 Å². The number of rotatable bonds is 6. The molecule has 2 heterocycles. The van der Waals surface area contributed by atoms with Crippen molar-refractivity contribution in [2.75, 3.05) is 0 Å². The summed E-state index contributed by atoms with van der Waals surface area (Å²) in [4.78, 5) is 26.2. The molecule has 0 saturated heterocycles. The molecule has 0 spiro atoms. The number of aromatic nitrogens is 2. The molecule has 8 nitrogen and oxygen atoms in total. The highest BCUT2D eigenvalue weighted by atomic mass is 32.1. The van der Waals surface area contributed by atoms with Gasteiger partial charge in [0.1, 0.15) is 16.4 Å². The van der Waals surface area contributed by atoms with E-state index in [-0.39, 0.29) is 5.82 Å². The van der Waals surface area contributed by atoms with Crippen molar-refractivity contribution in [1.29, 1.82) is 5.26 Å². The molecule has 0 bridgehead atoms. The molecule has 4 aromatic rings. The van der Waals surface area contributed by atoms with E-state index in [9.17, 15) is 14.0 Å². The van der Waals surface area contributed by atoms with Crippen LogP contribution in [-0.2, 0) is 11.3 Å². The van der Waals surface area contributed by atoms with Gasteiger partial charge in [-0.05, 0) is 61.9 Å². The number of hydrazine groups is 1. The molecule has 2 aromatic heterocycles. The zero-order chi connectivity index (χ0) is 24.2. The van der Waals surface area contributed by atoms with Gasteiger partial charge >= 0.3 is 0 Å². The SMILES string of the molecule is Cc1nn(Cc2ccc(F)cc2)c2sc(C(=O)NNC(=O)[C@H](C)Oc3ccc(C#N)cc3)cc12. The van der Waals surface area contributed by atoms with Crippen LogP contribution in [0.2, 0.25) is 0 Å². The fraction of sp³-hybridized carbons (Fsp3) is 0.167. The highest BCUT2D eigenvalue weighted by Crippen LogP contribution is 2.28. The number of hydrogen-bond acceptors (Lipinski definition) is 6. The van der Waals surface area contributed by atoms with Crippen molar-refractivity contribution < 1.29 is 18.7 Å². The first kappa shape index (κ1) is 22.9. The number of fused-ring (bicyclic) bond motifs is 1. The van der Waals surface area contributed by atoms with Crippen molar-refractivity contribution in [1.82, 2.24) is 20.6 Å². The number of halogens is 1. The van der Waals surface area contributed by atoms with Crippen molar-refractivity contribution in [2.24, 2.45) is 0 Å². The number of nitrogens with zero attached hydrogens (tertiary/aromatic N) is 3. The molecule has 2 N–H and O–H groups in total. The van der Waals surface area contributed by atoms with Crippen molar-refractivity contribution >= 4 is 33.4 Å². The van der Waals surface area contributed by atoms with Crippen molar-refractivity contribution in [3.8, 4) is 11.8 Å². The molecular formula is C24H20FN5O3S. The summed E-state index contributed by atoms with van der Waals surface area (Å²) in [5.41, 5.74) is 6.90. The minimum atomic E-state index is -0.873. The van der Waals surface area contributed by atoms with E-state index < -0.39 is 17.9 Å². The van der Waals surface area contributed by atoms with Gasteiger partial charge in [-0.1, -0.05) is 12.1 Å². The van der Waals surface area contributed by atoms with Gasteiger partial charge in [-0.25, -0.2) is 4.39 Å². The lowest BCUT2D eigenvalue weighted by molar-refractivity contribution is -0.128. The normalized spacial score (nSPS) is 11.6. The fourth-order valence-electron chi connectivity index (χ4n) is 3.24. The second-order valence-electron chi connectivity index (χ2n) is 7.54. The summed E-state index contributed by atoms with van der Waals surface area (Å²) in [6, 6.07) is 16.3. The Balaban J connectivity index is 1.39. The molecular weight excluding hydrogens is 457 g/mol. The molecule has 2 amide bonds. The Kier molecular flexibility index (Phi) is 6.56. The number of aryl methyl sites for hydroxylation is 1. The van der Waals surface area contributed by atoms with E-state index in [1.807, 2.05) is 13.0 Å². The third kappa shape index (κ3) is 5.05. The molecule has 1 atom stereocenters. The van der Waals surface area contributed by atoms with Gasteiger partial charge in [0.15, 0.2) is 6.10 Å². The van der Waals surface area contributed by atoms with Crippen LogP contribution >= 0.6 is 11.3 Å². The molecule has 0 fully saturated rings. The predicted octanol–water partition coefficient (Wildman–Crippen LogP) is 3.69. The monoisotopic (exact) mass is 477 g/mol. The third-order valence-electron chi connectivity index (χ3n) is 5.04. The number of nitrogens with one attached hydrogen (secondary N) is 2. The highest BCUT2D eigenvalue weighted by Gasteiger charge is 2.19. The highest BCUT2D eigenvalue weighted by molar-refractivity contribution is 7.20. The molecule has 172 valence electrons. The summed E-state index contributed by atoms with van der Waals surface area (Å²) in [5.74, 6) is -0.872. The lowest BCUT2D eigenvalue weighted by Crippen LogP contribution is -2.47. The number of amides is 2. The summed E-state index contributed by atoms with van der Waals surface area (Å²) in [5, 5.41) is 14.2. The second-order valence-corrected chi connectivity index (χ2v) is 8.57. The van der Waals surface area contributed by atoms with Gasteiger partial charge < -0.3 is 4.74 Å². The van der Waals surface area contributed by atoms with Crippen LogP contribution < -0.4 is 15.6 Å². The van der Waals surface area contributed by atoms with Crippen molar-refractivity contribution in [3.05, 3.63) is 82.1 Å². The predicted molar refractivity (Wildman–Crippen MR) is 125 cm³/mol. The zero-order valence-electron chi connectivity index (χ0n) is 18.3. The Morgan fingerprint density at radius 2 is 1.88 bits per heavy atom. The van der Waals surface area contributed by atoms with E-state index in [2.05, 4.69) is 16.0 Å². The Morgan fingerprint density at radius 1 is 1.18 bits per heavy atom. The maximum absolute atomic E-state index is 13.2. The number of carbonyl (C=O) groups excluding carboxylic acids is 2. The minimum absolute atomic E-state index is 0.306. The first-order chi connectivity index (χ1) is 16.3. The largest absolute Gasteiger partial charge is 0.481 e. The Bertz CT molecular complexity index is 1390. The van der Waals surface area contributed by atoms with E-state index >= 15 is 0 Å². The van der Waals surface area contributed by atoms with Crippen molar-refractivity contribution in [2.45, 2.75) is 26.5 Å². The fourth-order valence-corrected chi connectivity index (χ4v) is 4.30. The Morgan fingerprint density at radius 3 is 2.56 bits per heavy atom. The first-order valence-electron chi connectivity index (χ1n) is 10.3. The quantitative estimate of drug-likeness (QED) is 0.412. The Labute approximate surface area is 198 Å². The topological polar surface area (TPSA) is 109 Å². The minimum Gasteiger partial charge on any atom is -0.481 e. The van der Waals surface area contributed by atoms with Gasteiger partial charge in [0.2, 0.25) is 0 Å². The van der Waals surface area contributed by atoms with Crippen LogP contribution in [0.4, 0.5) is 4.39 Å². The van der Waals surface area contributed by atoms with Crippen LogP contribution in [0.15, 0.2) is 54.6 Å². The van der Waals surface area contributed by atoms with Crippen LogP contribution in [0, 0.1) is 24.1 Å². The zero-order valence-corrected chi connectivity index (χ0v) is 19.1. The molecule has 0 aliphatic rings. The van der Waals surface area contributed by atoms with E-state index in [0.29, 0.717) is 22.7 Å². The van der Waals surface area contributed by atoms with Gasteiger partial charge in [-0.15, -0.1) is 11.3 Å². The number of carbonyl (C=O) groups is 2. The molecule has 2 aromatic carbocycles. The van der Waals surface area contributed by atoms with Crippen LogP contribution in [0.5, 0.6) is 5.75 Å². The summed E-state index contributed by atoms with van der Waals surface area (Å²) in [6.45, 7) is 3.83. The average molecular weight is 478 g/mol. The molecule has 0 aliphatic heterocycles. The third-order valence-corrected chi connectivity index (χ3v) is 6.19. The molecule has 4 rings (SSSR count). The van der Waals surface area contributed by atoms with Gasteiger partial charge in [-0.2, -0.15) is 10.4 Å². The summed E-state index contributed by atoms with van der Waals surface area (Å²) in [7, 11) is 0. The molecule has 34 heavy (non-hydrogen) atoms. The number of hydrogen-bond donors (Lipinski definition) is 2. The van der Waals surface area contributed by atoms with Crippen LogP contribution in [0.1, 0.15) is 33.4 Å². The standard InChI is InChI=1S/C24H20FN5O3S/c1-14-20-11-21(34-24(20)30(29-14)13-17-3-7-18(25)8-4-17)23(32)28-27-22(31)15(2)33-19-9-5-16(12-26)6-10-19/h3-11,15H,13H2,1-2H3,(H,27,31)(H,28,32)/t15-/m0/s1. The van der Waals surface area contributed by atoms with Crippen LogP contribution in [0.3, 0.4) is 0 Å². The van der Waals surface area contributed by atoms with Gasteiger partial charge in [0, 0.05) is 5.39 Å². The maximum atomic E-state index is 13.2. The lowest BCUT2D eigenvalue weighted by atomic mass is 10.2. The molecule has 0 unspecified atom stereocenters. The molecule has 0 saturated carbocycles. The first-order valence-corrected chi connectivity index (χ1v) is 11.1. The summed E-state index contributed by atoms with van der Waals surface area (Å²) in [6.07, 6.45) is -0.873. The summed E-state index contributed by atoms with van der Waals surface area (Å²) < 4.78 is 20.5. The molecule has 0 aliphatic carbocycles. The van der Waals surface area contributed by atoms with Gasteiger partial charge in [0.05, 0.1) is 28.7 Å². The molecule has 0 radical (unpaired) electrons. The van der Waals surface area contributed by atoms with E-state index in [4.69, 9.17) is 10.00 Å². The summed E-state index contributed by atoms with van der Waals surface area (Å²) >= 11 is 1.25. The van der Waals surface area contributed by atoms with Gasteiger partial charge in [-0.3, -0.25) is 25.1 Å². The number of thiophene rings is 1. The lowest BCUT2D eigenvalue weighted by Gasteiger charge is -2.15. The van der Waals surface area contributed by atoms with Crippen LogP contribution in [-0.4, -0.2) is 27.7 Å². The average Bonchev–Trinajstić information content (AvgIpc) is 3.40. The Hall–Kier alpha value is -4.23. The second kappa shape index (κ2) is 9.72. The number of nitriles is 1. The number of benzene rings is 2. The van der Waals surface area contributed by atoms with Crippen molar-refractivity contribution in [3.63, 3.8) is 0 Å².